The largest absolute Gasteiger partial charge is 0.444 e. The minimum absolute atomic E-state index is 0.00406. The fourth-order valence-corrected chi connectivity index (χ4v) is 2.34. The highest BCUT2D eigenvalue weighted by atomic mass is 19.1. The van der Waals surface area contributed by atoms with E-state index in [1.807, 2.05) is 0 Å². The molecule has 0 atom stereocenters. The summed E-state index contributed by atoms with van der Waals surface area (Å²) in [5.41, 5.74) is 0.0754. The van der Waals surface area contributed by atoms with Gasteiger partial charge in [0.1, 0.15) is 17.2 Å². The first-order valence-electron chi connectivity index (χ1n) is 9.37. The lowest BCUT2D eigenvalue weighted by Crippen LogP contribution is -2.39. The standard InChI is InChI=1S/C21H24F2N4O4/c1-21(2,3)31-20(30)27-16-9-8-15(23)10-17(16)26-18(28)12-25-19(29)24-11-13-4-6-14(22)7-5-13/h4-10H,11-12H2,1-3H3,(H,26,28)(H,27,30)(H2,24,25,29). The third-order valence-electron chi connectivity index (χ3n) is 3.67. The van der Waals surface area contributed by atoms with E-state index >= 15 is 0 Å². The van der Waals surface area contributed by atoms with Crippen LogP contribution in [0.2, 0.25) is 0 Å². The fourth-order valence-electron chi connectivity index (χ4n) is 2.34. The van der Waals surface area contributed by atoms with Crippen molar-refractivity contribution in [3.05, 3.63) is 59.7 Å². The van der Waals surface area contributed by atoms with Crippen molar-refractivity contribution in [2.24, 2.45) is 0 Å². The SMILES string of the molecule is CC(C)(C)OC(=O)Nc1ccc(F)cc1NC(=O)CNC(=O)NCc1ccc(F)cc1. The van der Waals surface area contributed by atoms with Crippen molar-refractivity contribution in [2.75, 3.05) is 17.2 Å². The highest BCUT2D eigenvalue weighted by molar-refractivity contribution is 5.99. The number of ether oxygens (including phenoxy) is 1. The molecule has 0 aromatic heterocycles. The van der Waals surface area contributed by atoms with Gasteiger partial charge in [-0.05, 0) is 56.7 Å². The Balaban J connectivity index is 1.88. The van der Waals surface area contributed by atoms with Crippen LogP contribution >= 0.6 is 0 Å². The molecule has 2 aromatic rings. The zero-order chi connectivity index (χ0) is 23.0. The van der Waals surface area contributed by atoms with E-state index in [2.05, 4.69) is 21.3 Å². The van der Waals surface area contributed by atoms with Gasteiger partial charge in [0.2, 0.25) is 5.91 Å². The summed E-state index contributed by atoms with van der Waals surface area (Å²) in [6, 6.07) is 8.37. The van der Waals surface area contributed by atoms with Gasteiger partial charge in [0, 0.05) is 6.54 Å². The summed E-state index contributed by atoms with van der Waals surface area (Å²) >= 11 is 0. The van der Waals surface area contributed by atoms with E-state index in [-0.39, 0.29) is 23.7 Å². The normalized spacial score (nSPS) is 10.7. The third-order valence-corrected chi connectivity index (χ3v) is 3.67. The lowest BCUT2D eigenvalue weighted by Gasteiger charge is -2.20. The number of halogens is 2. The molecule has 0 radical (unpaired) electrons. The lowest BCUT2D eigenvalue weighted by molar-refractivity contribution is -0.115. The summed E-state index contributed by atoms with van der Waals surface area (Å²) < 4.78 is 31.6. The molecule has 0 fully saturated rings. The fraction of sp³-hybridized carbons (Fsp3) is 0.286. The average Bonchev–Trinajstić information content (AvgIpc) is 2.66. The van der Waals surface area contributed by atoms with E-state index in [1.54, 1.807) is 20.8 Å². The molecule has 4 N–H and O–H groups in total. The van der Waals surface area contributed by atoms with Crippen LogP contribution in [0.1, 0.15) is 26.3 Å². The molecule has 0 spiro atoms. The number of benzene rings is 2. The third kappa shape index (κ3) is 8.69. The molecule has 0 bridgehead atoms. The van der Waals surface area contributed by atoms with Crippen LogP contribution in [-0.4, -0.2) is 30.2 Å². The van der Waals surface area contributed by atoms with Crippen molar-refractivity contribution in [2.45, 2.75) is 32.9 Å². The molecule has 8 nitrogen and oxygen atoms in total. The van der Waals surface area contributed by atoms with E-state index in [1.165, 1.54) is 30.3 Å². The summed E-state index contributed by atoms with van der Waals surface area (Å²) in [5, 5.41) is 9.73. The predicted octanol–water partition coefficient (Wildman–Crippen LogP) is 3.75. The minimum atomic E-state index is -0.770. The Bertz CT molecular complexity index is 943. The number of carbonyl (C=O) groups excluding carboxylic acids is 3. The Morgan fingerprint density at radius 2 is 1.52 bits per heavy atom. The minimum Gasteiger partial charge on any atom is -0.444 e. The summed E-state index contributed by atoms with van der Waals surface area (Å²) in [4.78, 5) is 35.9. The number of hydrogen-bond acceptors (Lipinski definition) is 4. The van der Waals surface area contributed by atoms with Crippen LogP contribution < -0.4 is 21.3 Å². The Morgan fingerprint density at radius 1 is 0.871 bits per heavy atom. The monoisotopic (exact) mass is 434 g/mol. The molecule has 2 rings (SSSR count). The molecule has 0 heterocycles. The molecule has 166 valence electrons. The number of hydrogen-bond donors (Lipinski definition) is 4. The number of carbonyl (C=O) groups is 3. The Kier molecular flexibility index (Phi) is 7.89. The van der Waals surface area contributed by atoms with Crippen molar-refractivity contribution >= 4 is 29.4 Å². The van der Waals surface area contributed by atoms with Gasteiger partial charge in [-0.3, -0.25) is 10.1 Å². The van der Waals surface area contributed by atoms with Gasteiger partial charge in [-0.25, -0.2) is 18.4 Å². The Morgan fingerprint density at radius 3 is 2.16 bits per heavy atom. The van der Waals surface area contributed by atoms with Crippen LogP contribution in [0.5, 0.6) is 0 Å². The predicted molar refractivity (Wildman–Crippen MR) is 112 cm³/mol. The maximum Gasteiger partial charge on any atom is 0.412 e. The highest BCUT2D eigenvalue weighted by Crippen LogP contribution is 2.23. The van der Waals surface area contributed by atoms with Gasteiger partial charge in [0.25, 0.3) is 0 Å². The van der Waals surface area contributed by atoms with E-state index < -0.39 is 36.0 Å². The first-order chi connectivity index (χ1) is 14.5. The van der Waals surface area contributed by atoms with Crippen molar-refractivity contribution in [3.63, 3.8) is 0 Å². The quantitative estimate of drug-likeness (QED) is 0.555. The number of urea groups is 1. The second-order valence-electron chi connectivity index (χ2n) is 7.53. The molecular weight excluding hydrogens is 410 g/mol. The number of amides is 4. The van der Waals surface area contributed by atoms with Crippen molar-refractivity contribution in [3.8, 4) is 0 Å². The molecule has 0 saturated carbocycles. The van der Waals surface area contributed by atoms with Crippen LogP contribution in [0.15, 0.2) is 42.5 Å². The van der Waals surface area contributed by atoms with Gasteiger partial charge in [-0.15, -0.1) is 0 Å². The zero-order valence-electron chi connectivity index (χ0n) is 17.3. The topological polar surface area (TPSA) is 109 Å². The molecule has 31 heavy (non-hydrogen) atoms. The smallest absolute Gasteiger partial charge is 0.412 e. The maximum atomic E-state index is 13.6. The van der Waals surface area contributed by atoms with Gasteiger partial charge in [0.15, 0.2) is 0 Å². The summed E-state index contributed by atoms with van der Waals surface area (Å²) in [6.45, 7) is 4.80. The lowest BCUT2D eigenvalue weighted by atomic mass is 10.2. The van der Waals surface area contributed by atoms with Crippen LogP contribution in [0.4, 0.5) is 29.7 Å². The molecular formula is C21H24F2N4O4. The second-order valence-corrected chi connectivity index (χ2v) is 7.53. The molecule has 0 aliphatic rings. The molecule has 4 amide bonds. The van der Waals surface area contributed by atoms with Crippen LogP contribution in [0, 0.1) is 11.6 Å². The second kappa shape index (κ2) is 10.4. The number of nitrogens with one attached hydrogen (secondary N) is 4. The maximum absolute atomic E-state index is 13.6. The molecule has 0 saturated heterocycles. The van der Waals surface area contributed by atoms with E-state index in [0.29, 0.717) is 5.56 Å². The van der Waals surface area contributed by atoms with Crippen LogP contribution in [0.25, 0.3) is 0 Å². The number of anilines is 2. The first kappa shape index (κ1) is 23.6. The highest BCUT2D eigenvalue weighted by Gasteiger charge is 2.18. The Hall–Kier alpha value is -3.69. The van der Waals surface area contributed by atoms with Crippen LogP contribution in [0.3, 0.4) is 0 Å². The van der Waals surface area contributed by atoms with E-state index in [9.17, 15) is 23.2 Å². The molecule has 0 aliphatic heterocycles. The summed E-state index contributed by atoms with van der Waals surface area (Å²) in [7, 11) is 0. The average molecular weight is 434 g/mol. The van der Waals surface area contributed by atoms with Gasteiger partial charge in [0.05, 0.1) is 17.9 Å². The van der Waals surface area contributed by atoms with Gasteiger partial charge in [-0.1, -0.05) is 12.1 Å². The van der Waals surface area contributed by atoms with E-state index in [0.717, 1.165) is 12.1 Å². The summed E-state index contributed by atoms with van der Waals surface area (Å²) in [5.74, 6) is -1.66. The van der Waals surface area contributed by atoms with Crippen molar-refractivity contribution in [1.82, 2.24) is 10.6 Å². The molecule has 0 aliphatic carbocycles. The van der Waals surface area contributed by atoms with E-state index in [4.69, 9.17) is 4.74 Å². The van der Waals surface area contributed by atoms with Gasteiger partial charge >= 0.3 is 12.1 Å². The summed E-state index contributed by atoms with van der Waals surface area (Å²) in [6.07, 6.45) is -0.770. The van der Waals surface area contributed by atoms with Crippen molar-refractivity contribution in [1.29, 1.82) is 0 Å². The first-order valence-corrected chi connectivity index (χ1v) is 9.37. The molecule has 10 heteroatoms. The zero-order valence-corrected chi connectivity index (χ0v) is 17.3. The van der Waals surface area contributed by atoms with Gasteiger partial charge in [-0.2, -0.15) is 0 Å². The number of rotatable bonds is 6. The van der Waals surface area contributed by atoms with Crippen molar-refractivity contribution < 1.29 is 27.9 Å². The molecule has 2 aromatic carbocycles. The van der Waals surface area contributed by atoms with Crippen LogP contribution in [-0.2, 0) is 16.1 Å². The Labute approximate surface area is 178 Å². The molecule has 0 unspecified atom stereocenters. The van der Waals surface area contributed by atoms with Gasteiger partial charge < -0.3 is 20.7 Å².